The second kappa shape index (κ2) is 6.41. The first-order valence-electron chi connectivity index (χ1n) is 7.14. The number of methoxy groups -OCH3 is 1. The largest absolute Gasteiger partial charge is 0.379 e. The minimum atomic E-state index is -0.350. The second-order valence-electron chi connectivity index (χ2n) is 5.39. The number of nitrogens with zero attached hydrogens (tertiary/aromatic N) is 1. The van der Waals surface area contributed by atoms with E-state index in [-0.39, 0.29) is 28.9 Å². The Morgan fingerprint density at radius 1 is 1.38 bits per heavy atom. The van der Waals surface area contributed by atoms with Crippen LogP contribution >= 0.6 is 0 Å². The summed E-state index contributed by atoms with van der Waals surface area (Å²) in [5, 5.41) is 14.4. The summed E-state index contributed by atoms with van der Waals surface area (Å²) >= 11 is 0. The van der Waals surface area contributed by atoms with Crippen LogP contribution in [0.1, 0.15) is 24.5 Å². The van der Waals surface area contributed by atoms with E-state index in [1.807, 2.05) is 19.9 Å². The quantitative estimate of drug-likeness (QED) is 0.645. The molecule has 1 aliphatic rings. The Morgan fingerprint density at radius 3 is 2.67 bits per heavy atom. The van der Waals surface area contributed by atoms with E-state index in [9.17, 15) is 10.1 Å². The topological polar surface area (TPSA) is 73.6 Å². The van der Waals surface area contributed by atoms with Crippen LogP contribution in [0.5, 0.6) is 0 Å². The van der Waals surface area contributed by atoms with E-state index < -0.39 is 0 Å². The van der Waals surface area contributed by atoms with E-state index in [0.29, 0.717) is 12.2 Å². The highest BCUT2D eigenvalue weighted by molar-refractivity contribution is 5.60. The molecule has 6 nitrogen and oxygen atoms in total. The molecule has 116 valence electrons. The van der Waals surface area contributed by atoms with Gasteiger partial charge in [0, 0.05) is 31.0 Å². The number of anilines is 1. The number of nitro benzene ring substituents is 1. The predicted molar refractivity (Wildman–Crippen MR) is 80.8 cm³/mol. The van der Waals surface area contributed by atoms with Crippen molar-refractivity contribution < 1.29 is 14.4 Å². The van der Waals surface area contributed by atoms with Crippen LogP contribution in [0.2, 0.25) is 0 Å². The fourth-order valence-electron chi connectivity index (χ4n) is 2.81. The molecule has 1 saturated carbocycles. The highest BCUT2D eigenvalue weighted by Crippen LogP contribution is 2.33. The molecule has 1 N–H and O–H groups in total. The molecule has 0 radical (unpaired) electrons. The highest BCUT2D eigenvalue weighted by Gasteiger charge is 2.42. The lowest BCUT2D eigenvalue weighted by Crippen LogP contribution is -2.56. The van der Waals surface area contributed by atoms with Crippen molar-refractivity contribution in [2.45, 2.75) is 45.4 Å². The van der Waals surface area contributed by atoms with Gasteiger partial charge in [0.2, 0.25) is 0 Å². The van der Waals surface area contributed by atoms with Crippen LogP contribution < -0.4 is 5.32 Å². The first-order chi connectivity index (χ1) is 9.97. The van der Waals surface area contributed by atoms with Gasteiger partial charge >= 0.3 is 0 Å². The Hall–Kier alpha value is -1.66. The molecule has 3 atom stereocenters. The standard InChI is InChI=1S/C15H22N2O4/c1-5-21-14-8-12(15(14)20-4)16-11-7-13(17(18)19)10(3)6-9(11)2/h6-7,12,14-16H,5,8H2,1-4H3. The van der Waals surface area contributed by atoms with Gasteiger partial charge in [-0.1, -0.05) is 0 Å². The smallest absolute Gasteiger partial charge is 0.274 e. The molecule has 21 heavy (non-hydrogen) atoms. The first kappa shape index (κ1) is 15.7. The summed E-state index contributed by atoms with van der Waals surface area (Å²) in [7, 11) is 1.66. The molecule has 0 aromatic heterocycles. The second-order valence-corrected chi connectivity index (χ2v) is 5.39. The van der Waals surface area contributed by atoms with Crippen LogP contribution in [-0.4, -0.2) is 36.9 Å². The van der Waals surface area contributed by atoms with E-state index in [1.54, 1.807) is 20.1 Å². The molecule has 1 fully saturated rings. The van der Waals surface area contributed by atoms with E-state index in [1.165, 1.54) is 0 Å². The van der Waals surface area contributed by atoms with Gasteiger partial charge in [0.05, 0.1) is 17.1 Å². The van der Waals surface area contributed by atoms with E-state index >= 15 is 0 Å². The lowest BCUT2D eigenvalue weighted by atomic mass is 9.84. The van der Waals surface area contributed by atoms with Crippen LogP contribution in [0.15, 0.2) is 12.1 Å². The molecule has 2 rings (SSSR count). The monoisotopic (exact) mass is 294 g/mol. The highest BCUT2D eigenvalue weighted by atomic mass is 16.6. The first-order valence-corrected chi connectivity index (χ1v) is 7.14. The van der Waals surface area contributed by atoms with Crippen LogP contribution in [0, 0.1) is 24.0 Å². The number of rotatable bonds is 6. The summed E-state index contributed by atoms with van der Waals surface area (Å²) in [6.45, 7) is 6.31. The van der Waals surface area contributed by atoms with Gasteiger partial charge in [-0.15, -0.1) is 0 Å². The van der Waals surface area contributed by atoms with Crippen LogP contribution in [0.25, 0.3) is 0 Å². The van der Waals surface area contributed by atoms with Crippen LogP contribution in [0.4, 0.5) is 11.4 Å². The number of aryl methyl sites for hydroxylation is 2. The van der Waals surface area contributed by atoms with Crippen molar-refractivity contribution in [2.75, 3.05) is 19.0 Å². The molecule has 6 heteroatoms. The molecule has 0 saturated heterocycles. The summed E-state index contributed by atoms with van der Waals surface area (Å²) in [4.78, 5) is 10.7. The van der Waals surface area contributed by atoms with Crippen molar-refractivity contribution in [1.82, 2.24) is 0 Å². The minimum absolute atomic E-state index is 0.0234. The Kier molecular flexibility index (Phi) is 4.80. The zero-order valence-corrected chi connectivity index (χ0v) is 12.9. The van der Waals surface area contributed by atoms with Gasteiger partial charge in [-0.25, -0.2) is 0 Å². The van der Waals surface area contributed by atoms with Gasteiger partial charge in [0.1, 0.15) is 6.10 Å². The lowest BCUT2D eigenvalue weighted by molar-refractivity contribution is -0.385. The normalized spacial score (nSPS) is 24.5. The van der Waals surface area contributed by atoms with Gasteiger partial charge in [-0.05, 0) is 38.8 Å². The Bertz CT molecular complexity index is 533. The molecule has 0 heterocycles. The third kappa shape index (κ3) is 3.16. The van der Waals surface area contributed by atoms with E-state index in [4.69, 9.17) is 9.47 Å². The van der Waals surface area contributed by atoms with Gasteiger partial charge in [0.25, 0.3) is 5.69 Å². The number of hydrogen-bond acceptors (Lipinski definition) is 5. The van der Waals surface area contributed by atoms with Crippen molar-refractivity contribution >= 4 is 11.4 Å². The Labute approximate surface area is 124 Å². The van der Waals surface area contributed by atoms with Crippen LogP contribution in [-0.2, 0) is 9.47 Å². The maximum Gasteiger partial charge on any atom is 0.274 e. The summed E-state index contributed by atoms with van der Waals surface area (Å²) in [6.07, 6.45) is 0.913. The fourth-order valence-corrected chi connectivity index (χ4v) is 2.81. The molecule has 0 bridgehead atoms. The SMILES string of the molecule is CCOC1CC(Nc2cc([N+](=O)[O-])c(C)cc2C)C1OC. The van der Waals surface area contributed by atoms with E-state index in [0.717, 1.165) is 17.7 Å². The Morgan fingerprint density at radius 2 is 2.10 bits per heavy atom. The molecular formula is C15H22N2O4. The summed E-state index contributed by atoms with van der Waals surface area (Å²) in [5.41, 5.74) is 2.59. The fraction of sp³-hybridized carbons (Fsp3) is 0.600. The average Bonchev–Trinajstić information content (AvgIpc) is 2.39. The predicted octanol–water partition coefficient (Wildman–Crippen LogP) is 2.82. The van der Waals surface area contributed by atoms with Gasteiger partial charge in [-0.3, -0.25) is 10.1 Å². The molecular weight excluding hydrogens is 272 g/mol. The summed E-state index contributed by atoms with van der Waals surface area (Å²) in [5.74, 6) is 0. The lowest BCUT2D eigenvalue weighted by Gasteiger charge is -2.44. The van der Waals surface area contributed by atoms with Gasteiger partial charge in [0.15, 0.2) is 0 Å². The number of hydrogen-bond donors (Lipinski definition) is 1. The third-order valence-corrected chi connectivity index (χ3v) is 3.98. The molecule has 1 aromatic carbocycles. The Balaban J connectivity index is 2.13. The maximum absolute atomic E-state index is 11.0. The summed E-state index contributed by atoms with van der Waals surface area (Å²) in [6, 6.07) is 3.55. The van der Waals surface area contributed by atoms with Crippen molar-refractivity contribution in [3.8, 4) is 0 Å². The van der Waals surface area contributed by atoms with Crippen molar-refractivity contribution in [3.05, 3.63) is 33.4 Å². The molecule has 0 amide bonds. The number of benzene rings is 1. The molecule has 0 spiro atoms. The summed E-state index contributed by atoms with van der Waals surface area (Å²) < 4.78 is 11.0. The average molecular weight is 294 g/mol. The number of nitrogens with one attached hydrogen (secondary N) is 1. The van der Waals surface area contributed by atoms with Crippen molar-refractivity contribution in [2.24, 2.45) is 0 Å². The third-order valence-electron chi connectivity index (χ3n) is 3.98. The zero-order valence-electron chi connectivity index (χ0n) is 12.9. The van der Waals surface area contributed by atoms with Gasteiger partial charge in [-0.2, -0.15) is 0 Å². The molecule has 1 aromatic rings. The van der Waals surface area contributed by atoms with Crippen molar-refractivity contribution in [1.29, 1.82) is 0 Å². The van der Waals surface area contributed by atoms with Crippen molar-refractivity contribution in [3.63, 3.8) is 0 Å². The number of ether oxygens (including phenoxy) is 2. The van der Waals surface area contributed by atoms with Gasteiger partial charge < -0.3 is 14.8 Å². The molecule has 1 aliphatic carbocycles. The van der Waals surface area contributed by atoms with Crippen LogP contribution in [0.3, 0.4) is 0 Å². The minimum Gasteiger partial charge on any atom is -0.379 e. The maximum atomic E-state index is 11.0. The molecule has 3 unspecified atom stereocenters. The number of nitro groups is 1. The van der Waals surface area contributed by atoms with E-state index in [2.05, 4.69) is 5.32 Å². The molecule has 0 aliphatic heterocycles. The zero-order chi connectivity index (χ0) is 15.6.